The smallest absolute Gasteiger partial charge is 0.382 e. The number of phenolic OH excluding ortho intramolecular Hbond substituents is 4. The van der Waals surface area contributed by atoms with E-state index in [0.717, 1.165) is 0 Å². The molecular weight excluding hydrogens is 236 g/mol. The van der Waals surface area contributed by atoms with E-state index in [2.05, 4.69) is 4.42 Å². The van der Waals surface area contributed by atoms with Gasteiger partial charge in [0, 0.05) is 0 Å². The average Bonchev–Trinajstić information content (AvgIpc) is 2.30. The van der Waals surface area contributed by atoms with E-state index < -0.39 is 51.1 Å². The highest BCUT2D eigenvalue weighted by Gasteiger charge is 2.25. The monoisotopic (exact) mass is 242 g/mol. The van der Waals surface area contributed by atoms with Crippen LogP contribution in [0.4, 0.5) is 0 Å². The molecular formula is C9H6O8. The van der Waals surface area contributed by atoms with Crippen LogP contribution in [0.15, 0.2) is 9.21 Å². The molecule has 0 saturated carbocycles. The van der Waals surface area contributed by atoms with Crippen LogP contribution in [-0.4, -0.2) is 30.6 Å². The quantitative estimate of drug-likeness (QED) is 0.215. The fraction of sp³-hybridized carbons (Fsp3) is 0. The third kappa shape index (κ3) is 1.20. The predicted molar refractivity (Wildman–Crippen MR) is 52.5 cm³/mol. The summed E-state index contributed by atoms with van der Waals surface area (Å²) in [7, 11) is 0. The van der Waals surface area contributed by atoms with Crippen molar-refractivity contribution < 1.29 is 35.1 Å². The SMILES string of the molecule is O=c1oc2c(O)c(O)c(O)c(O)c2c(O)c1O. The Morgan fingerprint density at radius 1 is 0.647 bits per heavy atom. The van der Waals surface area contributed by atoms with Gasteiger partial charge in [0.15, 0.2) is 17.1 Å². The molecule has 1 aromatic heterocycles. The fourth-order valence-corrected chi connectivity index (χ4v) is 1.35. The van der Waals surface area contributed by atoms with E-state index in [4.69, 9.17) is 5.11 Å². The zero-order valence-electron chi connectivity index (χ0n) is 8.00. The molecule has 2 aromatic rings. The van der Waals surface area contributed by atoms with Gasteiger partial charge in [0.2, 0.25) is 23.0 Å². The lowest BCUT2D eigenvalue weighted by molar-refractivity contribution is 0.338. The first-order chi connectivity index (χ1) is 7.86. The molecule has 17 heavy (non-hydrogen) atoms. The summed E-state index contributed by atoms with van der Waals surface area (Å²) in [6.07, 6.45) is 0. The van der Waals surface area contributed by atoms with Gasteiger partial charge in [-0.15, -0.1) is 0 Å². The second kappa shape index (κ2) is 3.11. The summed E-state index contributed by atoms with van der Waals surface area (Å²) in [5.74, 6) is -6.63. The van der Waals surface area contributed by atoms with E-state index in [9.17, 15) is 30.3 Å². The Morgan fingerprint density at radius 2 is 1.12 bits per heavy atom. The van der Waals surface area contributed by atoms with Gasteiger partial charge in [-0.05, 0) is 0 Å². The van der Waals surface area contributed by atoms with Crippen LogP contribution >= 0.6 is 0 Å². The van der Waals surface area contributed by atoms with Crippen molar-refractivity contribution in [3.05, 3.63) is 10.4 Å². The van der Waals surface area contributed by atoms with Gasteiger partial charge < -0.3 is 35.1 Å². The summed E-state index contributed by atoms with van der Waals surface area (Å²) >= 11 is 0. The summed E-state index contributed by atoms with van der Waals surface area (Å²) in [4.78, 5) is 11.0. The van der Waals surface area contributed by atoms with E-state index in [1.165, 1.54) is 0 Å². The van der Waals surface area contributed by atoms with Gasteiger partial charge >= 0.3 is 5.63 Å². The maximum Gasteiger partial charge on any atom is 0.382 e. The second-order valence-corrected chi connectivity index (χ2v) is 3.19. The lowest BCUT2D eigenvalue weighted by Crippen LogP contribution is -1.98. The van der Waals surface area contributed by atoms with E-state index in [1.807, 2.05) is 0 Å². The Balaban J connectivity index is 3.18. The molecule has 0 aliphatic carbocycles. The fourth-order valence-electron chi connectivity index (χ4n) is 1.35. The van der Waals surface area contributed by atoms with Crippen LogP contribution in [0.3, 0.4) is 0 Å². The normalized spacial score (nSPS) is 10.8. The van der Waals surface area contributed by atoms with Gasteiger partial charge in [-0.3, -0.25) is 0 Å². The molecule has 0 radical (unpaired) electrons. The van der Waals surface area contributed by atoms with Crippen LogP contribution in [-0.2, 0) is 0 Å². The summed E-state index contributed by atoms with van der Waals surface area (Å²) in [5.41, 5.74) is -2.15. The van der Waals surface area contributed by atoms with E-state index in [0.29, 0.717) is 0 Å². The minimum Gasteiger partial charge on any atom is -0.504 e. The molecule has 8 nitrogen and oxygen atoms in total. The van der Waals surface area contributed by atoms with Crippen molar-refractivity contribution >= 4 is 11.0 Å². The number of rotatable bonds is 0. The largest absolute Gasteiger partial charge is 0.504 e. The average molecular weight is 242 g/mol. The van der Waals surface area contributed by atoms with Gasteiger partial charge in [0.05, 0.1) is 0 Å². The van der Waals surface area contributed by atoms with Gasteiger partial charge in [-0.2, -0.15) is 0 Å². The molecule has 8 heteroatoms. The van der Waals surface area contributed by atoms with Gasteiger partial charge in [0.25, 0.3) is 0 Å². The minimum atomic E-state index is -1.38. The van der Waals surface area contributed by atoms with Crippen molar-refractivity contribution in [1.29, 1.82) is 0 Å². The van der Waals surface area contributed by atoms with Crippen LogP contribution in [0.1, 0.15) is 0 Å². The van der Waals surface area contributed by atoms with Crippen LogP contribution in [0.25, 0.3) is 11.0 Å². The first-order valence-electron chi connectivity index (χ1n) is 4.20. The highest BCUT2D eigenvalue weighted by molar-refractivity contribution is 5.98. The molecule has 1 aromatic carbocycles. The second-order valence-electron chi connectivity index (χ2n) is 3.19. The molecule has 2 rings (SSSR count). The Morgan fingerprint density at radius 3 is 1.71 bits per heavy atom. The topological polar surface area (TPSA) is 152 Å². The third-order valence-electron chi connectivity index (χ3n) is 2.20. The van der Waals surface area contributed by atoms with Gasteiger partial charge in [-0.1, -0.05) is 0 Å². The third-order valence-corrected chi connectivity index (χ3v) is 2.20. The Hall–Kier alpha value is -2.77. The minimum absolute atomic E-state index is 0.699. The van der Waals surface area contributed by atoms with Crippen LogP contribution < -0.4 is 5.63 Å². The molecule has 0 aliphatic rings. The standard InChI is InChI=1S/C9H6O8/c10-2-1-3(11)7(15)9(16)17-8(1)6(14)5(13)4(2)12/h10-15H. The predicted octanol–water partition coefficient (Wildman–Crippen LogP) is 0.0266. The van der Waals surface area contributed by atoms with E-state index >= 15 is 0 Å². The summed E-state index contributed by atoms with van der Waals surface area (Å²) in [6.45, 7) is 0. The highest BCUT2D eigenvalue weighted by Crippen LogP contribution is 2.51. The van der Waals surface area contributed by atoms with Crippen molar-refractivity contribution in [3.8, 4) is 34.5 Å². The van der Waals surface area contributed by atoms with E-state index in [1.54, 1.807) is 0 Å². The number of hydrogen-bond donors (Lipinski definition) is 6. The Bertz CT molecular complexity index is 684. The molecule has 6 N–H and O–H groups in total. The van der Waals surface area contributed by atoms with Crippen LogP contribution in [0.2, 0.25) is 0 Å². The number of phenols is 4. The number of aromatic hydroxyl groups is 6. The maximum absolute atomic E-state index is 11.0. The van der Waals surface area contributed by atoms with Crippen molar-refractivity contribution in [2.24, 2.45) is 0 Å². The van der Waals surface area contributed by atoms with Crippen LogP contribution in [0, 0.1) is 0 Å². The van der Waals surface area contributed by atoms with Crippen molar-refractivity contribution in [1.82, 2.24) is 0 Å². The molecule has 0 saturated heterocycles. The van der Waals surface area contributed by atoms with Gasteiger partial charge in [0.1, 0.15) is 5.39 Å². The summed E-state index contributed by atoms with van der Waals surface area (Å²) in [6, 6.07) is 0. The zero-order valence-corrected chi connectivity index (χ0v) is 8.00. The molecule has 0 bridgehead atoms. The molecule has 0 spiro atoms. The van der Waals surface area contributed by atoms with Crippen molar-refractivity contribution in [2.75, 3.05) is 0 Å². The Kier molecular flexibility index (Phi) is 1.96. The van der Waals surface area contributed by atoms with Crippen molar-refractivity contribution in [2.45, 2.75) is 0 Å². The Labute approximate surface area is 91.8 Å². The number of benzene rings is 1. The molecule has 0 atom stereocenters. The lowest BCUT2D eigenvalue weighted by atomic mass is 10.1. The van der Waals surface area contributed by atoms with Crippen molar-refractivity contribution in [3.63, 3.8) is 0 Å². The van der Waals surface area contributed by atoms with Gasteiger partial charge in [-0.25, -0.2) is 4.79 Å². The molecule has 0 fully saturated rings. The molecule has 0 aliphatic heterocycles. The first kappa shape index (κ1) is 10.7. The maximum atomic E-state index is 11.0. The lowest BCUT2D eigenvalue weighted by Gasteiger charge is -2.08. The number of hydrogen-bond acceptors (Lipinski definition) is 8. The molecule has 0 amide bonds. The first-order valence-corrected chi connectivity index (χ1v) is 4.20. The summed E-state index contributed by atoms with van der Waals surface area (Å²) < 4.78 is 4.37. The summed E-state index contributed by atoms with van der Waals surface area (Å²) in [5, 5.41) is 54.9. The zero-order chi connectivity index (χ0) is 12.9. The molecule has 0 unspecified atom stereocenters. The molecule has 90 valence electrons. The van der Waals surface area contributed by atoms with Crippen LogP contribution in [0.5, 0.6) is 34.5 Å². The molecule has 1 heterocycles. The highest BCUT2D eigenvalue weighted by atomic mass is 16.4. The number of fused-ring (bicyclic) bond motifs is 1. The van der Waals surface area contributed by atoms with E-state index in [-0.39, 0.29) is 0 Å².